The van der Waals surface area contributed by atoms with Gasteiger partial charge in [-0.2, -0.15) is 0 Å². The molecule has 1 heterocycles. The van der Waals surface area contributed by atoms with Gasteiger partial charge in [0, 0.05) is 17.6 Å². The maximum absolute atomic E-state index is 13.6. The average Bonchev–Trinajstić information content (AvgIpc) is 2.79. The molecule has 0 spiro atoms. The van der Waals surface area contributed by atoms with Crippen molar-refractivity contribution in [3.8, 4) is 11.5 Å². The summed E-state index contributed by atoms with van der Waals surface area (Å²) < 4.78 is 14.1. The van der Waals surface area contributed by atoms with Crippen LogP contribution in [-0.4, -0.2) is 17.8 Å². The number of aryl methyl sites for hydroxylation is 1. The molecular formula is C29H44N2O3. The third kappa shape index (κ3) is 8.27. The molecule has 1 aromatic heterocycles. The Kier molecular flexibility index (Phi) is 11.8. The topological polar surface area (TPSA) is 66.5 Å². The number of unbranched alkanes of at least 4 members (excludes halogenated alkanes) is 4. The molecule has 2 rings (SSSR count). The van der Waals surface area contributed by atoms with Crippen LogP contribution in [0.4, 0.5) is 5.69 Å². The molecule has 0 fully saturated rings. The second kappa shape index (κ2) is 14.5. The molecule has 0 saturated carbocycles. The number of nitrogens with zero attached hydrogens (tertiary/aromatic N) is 1. The van der Waals surface area contributed by atoms with Crippen molar-refractivity contribution in [2.45, 2.75) is 92.5 Å². The third-order valence-electron chi connectivity index (χ3n) is 5.93. The van der Waals surface area contributed by atoms with E-state index >= 15 is 0 Å². The van der Waals surface area contributed by atoms with E-state index in [2.05, 4.69) is 46.8 Å². The minimum atomic E-state index is -0.134. The minimum absolute atomic E-state index is 0.134. The molecular weight excluding hydrogens is 424 g/mol. The van der Waals surface area contributed by atoms with Crippen molar-refractivity contribution in [3.05, 3.63) is 51.9 Å². The van der Waals surface area contributed by atoms with Crippen molar-refractivity contribution in [1.82, 2.24) is 4.57 Å². The number of hydrogen-bond acceptors (Lipinski definition) is 4. The number of nitrogen functional groups attached to an aromatic ring is 1. The molecule has 5 heteroatoms. The first-order valence-corrected chi connectivity index (χ1v) is 12.9. The van der Waals surface area contributed by atoms with E-state index in [9.17, 15) is 4.79 Å². The first-order valence-electron chi connectivity index (χ1n) is 12.9. The predicted octanol–water partition coefficient (Wildman–Crippen LogP) is 7.41. The number of aromatic nitrogens is 1. The van der Waals surface area contributed by atoms with Crippen molar-refractivity contribution < 1.29 is 9.47 Å². The number of anilines is 1. The molecule has 0 aliphatic rings. The molecule has 0 unspecified atom stereocenters. The van der Waals surface area contributed by atoms with Crippen molar-refractivity contribution in [1.29, 1.82) is 0 Å². The summed E-state index contributed by atoms with van der Waals surface area (Å²) in [4.78, 5) is 13.6. The zero-order valence-corrected chi connectivity index (χ0v) is 21.9. The van der Waals surface area contributed by atoms with E-state index in [4.69, 9.17) is 15.2 Å². The summed E-state index contributed by atoms with van der Waals surface area (Å²) in [5.41, 5.74) is 10.0. The average molecular weight is 469 g/mol. The molecule has 34 heavy (non-hydrogen) atoms. The monoisotopic (exact) mass is 468 g/mol. The van der Waals surface area contributed by atoms with Crippen molar-refractivity contribution >= 4 is 16.6 Å². The lowest BCUT2D eigenvalue weighted by Gasteiger charge is -2.19. The third-order valence-corrected chi connectivity index (χ3v) is 5.93. The van der Waals surface area contributed by atoms with Crippen LogP contribution in [0.2, 0.25) is 0 Å². The van der Waals surface area contributed by atoms with Crippen LogP contribution in [-0.2, 0) is 6.54 Å². The zero-order valence-electron chi connectivity index (χ0n) is 21.9. The summed E-state index contributed by atoms with van der Waals surface area (Å²) in [5.74, 6) is 0.839. The van der Waals surface area contributed by atoms with Crippen LogP contribution in [0.25, 0.3) is 10.9 Å². The number of pyridine rings is 1. The van der Waals surface area contributed by atoms with E-state index in [-0.39, 0.29) is 5.56 Å². The number of benzene rings is 1. The lowest BCUT2D eigenvalue weighted by molar-refractivity contribution is 0.274. The van der Waals surface area contributed by atoms with Gasteiger partial charge in [0.2, 0.25) is 5.75 Å². The molecule has 0 aliphatic carbocycles. The number of rotatable bonds is 15. The summed E-state index contributed by atoms with van der Waals surface area (Å²) in [7, 11) is 0. The van der Waals surface area contributed by atoms with Gasteiger partial charge in [-0.25, -0.2) is 0 Å². The molecule has 0 saturated heterocycles. The van der Waals surface area contributed by atoms with Gasteiger partial charge in [0.15, 0.2) is 5.75 Å². The van der Waals surface area contributed by atoms with Crippen LogP contribution in [0.15, 0.2) is 46.3 Å². The Morgan fingerprint density at radius 2 is 1.74 bits per heavy atom. The molecule has 0 bridgehead atoms. The van der Waals surface area contributed by atoms with E-state index in [1.807, 2.05) is 22.8 Å². The largest absolute Gasteiger partial charge is 0.485 e. The molecule has 2 N–H and O–H groups in total. The van der Waals surface area contributed by atoms with E-state index in [1.165, 1.54) is 11.1 Å². The van der Waals surface area contributed by atoms with Crippen molar-refractivity contribution in [2.75, 3.05) is 18.9 Å². The Hall–Kier alpha value is -2.69. The first kappa shape index (κ1) is 27.6. The second-order valence-corrected chi connectivity index (χ2v) is 9.34. The fourth-order valence-corrected chi connectivity index (χ4v) is 3.88. The predicted molar refractivity (Wildman–Crippen MR) is 145 cm³/mol. The Morgan fingerprint density at radius 1 is 0.971 bits per heavy atom. The highest BCUT2D eigenvalue weighted by Gasteiger charge is 2.20. The molecule has 0 atom stereocenters. The van der Waals surface area contributed by atoms with E-state index in [0.29, 0.717) is 36.9 Å². The van der Waals surface area contributed by atoms with Crippen LogP contribution in [0.5, 0.6) is 11.5 Å². The zero-order chi connectivity index (χ0) is 24.9. The summed E-state index contributed by atoms with van der Waals surface area (Å²) >= 11 is 0. The smallest absolute Gasteiger partial charge is 0.297 e. The molecule has 188 valence electrons. The highest BCUT2D eigenvalue weighted by molar-refractivity contribution is 5.90. The van der Waals surface area contributed by atoms with Crippen LogP contribution >= 0.6 is 0 Å². The number of nitrogens with two attached hydrogens (primary N) is 1. The van der Waals surface area contributed by atoms with Crippen molar-refractivity contribution in [2.24, 2.45) is 0 Å². The molecule has 0 amide bonds. The lowest BCUT2D eigenvalue weighted by Crippen LogP contribution is -2.24. The maximum atomic E-state index is 13.6. The quantitative estimate of drug-likeness (QED) is 0.168. The summed E-state index contributed by atoms with van der Waals surface area (Å²) in [6.45, 7) is 12.2. The molecule has 0 radical (unpaired) electrons. The Morgan fingerprint density at radius 3 is 2.44 bits per heavy atom. The summed E-state index contributed by atoms with van der Waals surface area (Å²) in [5, 5.41) is 0.867. The number of hydrogen-bond donors (Lipinski definition) is 1. The SMILES string of the molecule is CCCCCCn1c(=O)c(OCCCC)c(OCC=C(C)CCC=C(C)C)c2ccc(N)cc21. The lowest BCUT2D eigenvalue weighted by atomic mass is 10.1. The number of allylic oxidation sites excluding steroid dienone is 3. The van der Waals surface area contributed by atoms with Crippen molar-refractivity contribution in [3.63, 3.8) is 0 Å². The Labute approximate surface area is 205 Å². The molecule has 0 aliphatic heterocycles. The molecule has 5 nitrogen and oxygen atoms in total. The van der Waals surface area contributed by atoms with E-state index in [0.717, 1.165) is 62.3 Å². The maximum Gasteiger partial charge on any atom is 0.297 e. The van der Waals surface area contributed by atoms with Gasteiger partial charge in [-0.15, -0.1) is 0 Å². The van der Waals surface area contributed by atoms with Crippen LogP contribution in [0.3, 0.4) is 0 Å². The number of fused-ring (bicyclic) bond motifs is 1. The number of ether oxygens (including phenoxy) is 2. The van der Waals surface area contributed by atoms with Gasteiger partial charge < -0.3 is 19.8 Å². The summed E-state index contributed by atoms with van der Waals surface area (Å²) in [6, 6.07) is 5.68. The van der Waals surface area contributed by atoms with Gasteiger partial charge in [-0.3, -0.25) is 4.79 Å². The van der Waals surface area contributed by atoms with Crippen LogP contribution < -0.4 is 20.8 Å². The minimum Gasteiger partial charge on any atom is -0.485 e. The highest BCUT2D eigenvalue weighted by Crippen LogP contribution is 2.34. The standard InChI is InChI=1S/C29H44N2O3/c1-6-8-10-11-18-31-26-21-24(30)15-16-25(26)27(28(29(31)32)33-19-9-7-2)34-20-17-23(5)14-12-13-22(3)4/h13,15-17,21H,6-12,14,18-20,30H2,1-5H3. The van der Waals surface area contributed by atoms with Gasteiger partial charge >= 0.3 is 0 Å². The van der Waals surface area contributed by atoms with Crippen LogP contribution in [0, 0.1) is 0 Å². The van der Waals surface area contributed by atoms with Crippen LogP contribution in [0.1, 0.15) is 86.0 Å². The second-order valence-electron chi connectivity index (χ2n) is 9.34. The Balaban J connectivity index is 2.41. The Bertz CT molecular complexity index is 1030. The van der Waals surface area contributed by atoms with Gasteiger partial charge in [0.25, 0.3) is 5.56 Å². The fourth-order valence-electron chi connectivity index (χ4n) is 3.88. The molecule has 1 aromatic carbocycles. The highest BCUT2D eigenvalue weighted by atomic mass is 16.5. The van der Waals surface area contributed by atoms with Gasteiger partial charge in [0.05, 0.1) is 12.1 Å². The van der Waals surface area contributed by atoms with Gasteiger partial charge in [0.1, 0.15) is 6.61 Å². The fraction of sp³-hybridized carbons (Fsp3) is 0.552. The normalized spacial score (nSPS) is 11.6. The first-order chi connectivity index (χ1) is 16.4. The van der Waals surface area contributed by atoms with E-state index < -0.39 is 0 Å². The molecule has 2 aromatic rings. The van der Waals surface area contributed by atoms with Gasteiger partial charge in [-0.05, 0) is 70.7 Å². The summed E-state index contributed by atoms with van der Waals surface area (Å²) in [6.07, 6.45) is 12.6. The van der Waals surface area contributed by atoms with E-state index in [1.54, 1.807) is 0 Å². The van der Waals surface area contributed by atoms with Gasteiger partial charge in [-0.1, -0.05) is 56.8 Å².